The van der Waals surface area contributed by atoms with Crippen LogP contribution in [0.5, 0.6) is 0 Å². The third kappa shape index (κ3) is 2.05. The summed E-state index contributed by atoms with van der Waals surface area (Å²) < 4.78 is 15.1. The number of hydrogen-bond donors (Lipinski definition) is 1. The molecule has 2 heterocycles. The van der Waals surface area contributed by atoms with Crippen molar-refractivity contribution in [1.29, 1.82) is 0 Å². The summed E-state index contributed by atoms with van der Waals surface area (Å²) in [6, 6.07) is 6.45. The number of nitrogens with zero attached hydrogens (tertiary/aromatic N) is 2. The molecule has 0 atom stereocenters. The second-order valence-corrected chi connectivity index (χ2v) is 5.27. The lowest BCUT2D eigenvalue weighted by molar-refractivity contribution is 0.628. The molecule has 2 aromatic heterocycles. The molecule has 0 saturated carbocycles. The van der Waals surface area contributed by atoms with Crippen molar-refractivity contribution in [2.45, 2.75) is 13.3 Å². The van der Waals surface area contributed by atoms with Gasteiger partial charge in [-0.2, -0.15) is 0 Å². The highest BCUT2D eigenvalue weighted by molar-refractivity contribution is 7.15. The number of aryl methyl sites for hydroxylation is 1. The van der Waals surface area contributed by atoms with Gasteiger partial charge in [0, 0.05) is 28.8 Å². The third-order valence-corrected chi connectivity index (χ3v) is 4.06. The van der Waals surface area contributed by atoms with Crippen LogP contribution in [-0.4, -0.2) is 15.9 Å². The quantitative estimate of drug-likeness (QED) is 0.798. The lowest BCUT2D eigenvalue weighted by Gasteiger charge is -2.01. The average Bonchev–Trinajstić information content (AvgIpc) is 2.93. The lowest BCUT2D eigenvalue weighted by atomic mass is 10.1. The summed E-state index contributed by atoms with van der Waals surface area (Å²) in [6.07, 6.45) is 0.833. The predicted molar refractivity (Wildman–Crippen MR) is 76.0 cm³/mol. The summed E-state index contributed by atoms with van der Waals surface area (Å²) in [5.74, 6) is -0.230. The van der Waals surface area contributed by atoms with E-state index in [1.807, 2.05) is 6.92 Å². The summed E-state index contributed by atoms with van der Waals surface area (Å²) in [5, 5.41) is 2.09. The maximum absolute atomic E-state index is 13.0. The van der Waals surface area contributed by atoms with Gasteiger partial charge in [0.2, 0.25) is 0 Å². The number of rotatable bonds is 3. The van der Waals surface area contributed by atoms with Crippen molar-refractivity contribution < 1.29 is 4.39 Å². The molecule has 0 bridgehead atoms. The molecule has 0 unspecified atom stereocenters. The Hall–Kier alpha value is -1.72. The molecule has 0 aliphatic rings. The first-order valence-electron chi connectivity index (χ1n) is 6.12. The van der Waals surface area contributed by atoms with Gasteiger partial charge in [0.05, 0.1) is 5.69 Å². The molecule has 3 rings (SSSR count). The van der Waals surface area contributed by atoms with Crippen molar-refractivity contribution >= 4 is 16.3 Å². The average molecular weight is 275 g/mol. The molecule has 98 valence electrons. The molecule has 0 saturated heterocycles. The Bertz CT molecular complexity index is 712. The molecule has 19 heavy (non-hydrogen) atoms. The smallest absolute Gasteiger partial charge is 0.194 e. The fourth-order valence-electron chi connectivity index (χ4n) is 2.27. The summed E-state index contributed by atoms with van der Waals surface area (Å²) in [7, 11) is 0. The Labute approximate surface area is 114 Å². The molecule has 3 aromatic rings. The number of thiazole rings is 1. The van der Waals surface area contributed by atoms with Gasteiger partial charge in [0.1, 0.15) is 5.82 Å². The van der Waals surface area contributed by atoms with Crippen LogP contribution >= 0.6 is 11.3 Å². The molecule has 3 nitrogen and oxygen atoms in total. The third-order valence-electron chi connectivity index (χ3n) is 3.18. The van der Waals surface area contributed by atoms with E-state index in [0.29, 0.717) is 6.54 Å². The Balaban J connectivity index is 2.14. The monoisotopic (exact) mass is 275 g/mol. The minimum Gasteiger partial charge on any atom is -0.330 e. The molecule has 5 heteroatoms. The molecule has 0 aliphatic carbocycles. The van der Waals surface area contributed by atoms with Gasteiger partial charge in [0.15, 0.2) is 4.96 Å². The van der Waals surface area contributed by atoms with E-state index in [4.69, 9.17) is 5.73 Å². The van der Waals surface area contributed by atoms with Gasteiger partial charge in [0.25, 0.3) is 0 Å². The van der Waals surface area contributed by atoms with Gasteiger partial charge < -0.3 is 5.73 Å². The summed E-state index contributed by atoms with van der Waals surface area (Å²) in [4.78, 5) is 5.59. The maximum Gasteiger partial charge on any atom is 0.194 e. The highest BCUT2D eigenvalue weighted by Crippen LogP contribution is 2.28. The molecular weight excluding hydrogens is 261 g/mol. The summed E-state index contributed by atoms with van der Waals surface area (Å²) in [5.41, 5.74) is 9.73. The molecule has 0 radical (unpaired) electrons. The Morgan fingerprint density at radius 1 is 1.32 bits per heavy atom. The van der Waals surface area contributed by atoms with Gasteiger partial charge in [-0.05, 0) is 37.7 Å². The fourth-order valence-corrected chi connectivity index (χ4v) is 3.23. The summed E-state index contributed by atoms with van der Waals surface area (Å²) >= 11 is 1.61. The van der Waals surface area contributed by atoms with Crippen LogP contribution < -0.4 is 5.73 Å². The predicted octanol–water partition coefficient (Wildman–Crippen LogP) is 3.01. The lowest BCUT2D eigenvalue weighted by Crippen LogP contribution is -2.05. The van der Waals surface area contributed by atoms with Crippen LogP contribution in [0.15, 0.2) is 29.6 Å². The number of halogens is 1. The van der Waals surface area contributed by atoms with Crippen LogP contribution in [0.25, 0.3) is 16.2 Å². The summed E-state index contributed by atoms with van der Waals surface area (Å²) in [6.45, 7) is 2.65. The molecule has 0 aliphatic heterocycles. The van der Waals surface area contributed by atoms with E-state index in [9.17, 15) is 4.39 Å². The Kier molecular flexibility index (Phi) is 3.08. The second kappa shape index (κ2) is 4.75. The maximum atomic E-state index is 13.0. The fraction of sp³-hybridized carbons (Fsp3) is 0.214. The second-order valence-electron chi connectivity index (χ2n) is 4.44. The van der Waals surface area contributed by atoms with Crippen LogP contribution in [0.4, 0.5) is 4.39 Å². The number of benzene rings is 1. The topological polar surface area (TPSA) is 43.3 Å². The van der Waals surface area contributed by atoms with Gasteiger partial charge in [-0.1, -0.05) is 0 Å². The van der Waals surface area contributed by atoms with Gasteiger partial charge in [-0.25, -0.2) is 9.37 Å². The van der Waals surface area contributed by atoms with Gasteiger partial charge in [-0.15, -0.1) is 11.3 Å². The van der Waals surface area contributed by atoms with Crippen LogP contribution in [0.3, 0.4) is 0 Å². The zero-order chi connectivity index (χ0) is 13.4. The minimum absolute atomic E-state index is 0.230. The minimum atomic E-state index is -0.230. The number of nitrogens with two attached hydrogens (primary N) is 1. The van der Waals surface area contributed by atoms with E-state index in [-0.39, 0.29) is 5.82 Å². The molecule has 0 fully saturated rings. The van der Waals surface area contributed by atoms with Crippen molar-refractivity contribution in [2.24, 2.45) is 5.73 Å². The molecule has 0 spiro atoms. The van der Waals surface area contributed by atoms with E-state index in [0.717, 1.165) is 28.3 Å². The first-order valence-corrected chi connectivity index (χ1v) is 7.00. The van der Waals surface area contributed by atoms with Crippen molar-refractivity contribution in [2.75, 3.05) is 6.54 Å². The number of fused-ring (bicyclic) bond motifs is 1. The zero-order valence-corrected chi connectivity index (χ0v) is 11.4. The van der Waals surface area contributed by atoms with Crippen LogP contribution in [0, 0.1) is 12.7 Å². The standard InChI is InChI=1S/C14H14FN3S/c1-9-13(10-2-4-11(15)5-3-10)17-14-18(9)12(6-7-16)8-19-14/h2-5,8H,6-7,16H2,1H3. The first-order chi connectivity index (χ1) is 9.20. The largest absolute Gasteiger partial charge is 0.330 e. The van der Waals surface area contributed by atoms with Crippen molar-refractivity contribution in [3.63, 3.8) is 0 Å². The van der Waals surface area contributed by atoms with E-state index in [1.54, 1.807) is 23.5 Å². The van der Waals surface area contributed by atoms with Gasteiger partial charge in [-0.3, -0.25) is 4.40 Å². The Morgan fingerprint density at radius 3 is 2.74 bits per heavy atom. The Morgan fingerprint density at radius 2 is 2.05 bits per heavy atom. The molecule has 0 amide bonds. The number of aromatic nitrogens is 2. The zero-order valence-electron chi connectivity index (χ0n) is 10.6. The SMILES string of the molecule is Cc1c(-c2ccc(F)cc2)nc2scc(CCN)n12. The van der Waals surface area contributed by atoms with E-state index in [1.165, 1.54) is 17.8 Å². The van der Waals surface area contributed by atoms with Crippen molar-refractivity contribution in [1.82, 2.24) is 9.38 Å². The van der Waals surface area contributed by atoms with E-state index in [2.05, 4.69) is 14.8 Å². The van der Waals surface area contributed by atoms with Crippen molar-refractivity contribution in [3.8, 4) is 11.3 Å². The highest BCUT2D eigenvalue weighted by Gasteiger charge is 2.14. The number of hydrogen-bond acceptors (Lipinski definition) is 3. The van der Waals surface area contributed by atoms with Crippen LogP contribution in [0.2, 0.25) is 0 Å². The van der Waals surface area contributed by atoms with Gasteiger partial charge >= 0.3 is 0 Å². The normalized spacial score (nSPS) is 11.3. The molecule has 2 N–H and O–H groups in total. The molecular formula is C14H14FN3S. The molecule has 1 aromatic carbocycles. The van der Waals surface area contributed by atoms with Crippen molar-refractivity contribution in [3.05, 3.63) is 46.9 Å². The first kappa shape index (κ1) is 12.3. The number of imidazole rings is 1. The highest BCUT2D eigenvalue weighted by atomic mass is 32.1. The van der Waals surface area contributed by atoms with E-state index >= 15 is 0 Å². The van der Waals surface area contributed by atoms with E-state index < -0.39 is 0 Å². The van der Waals surface area contributed by atoms with Crippen LogP contribution in [-0.2, 0) is 6.42 Å². The van der Waals surface area contributed by atoms with Crippen LogP contribution in [0.1, 0.15) is 11.4 Å².